The van der Waals surface area contributed by atoms with Gasteiger partial charge in [0.1, 0.15) is 12.4 Å². The summed E-state index contributed by atoms with van der Waals surface area (Å²) in [6.45, 7) is 3.21. The van der Waals surface area contributed by atoms with Gasteiger partial charge in [-0.3, -0.25) is 14.8 Å². The van der Waals surface area contributed by atoms with Crippen LogP contribution in [-0.2, 0) is 12.7 Å². The van der Waals surface area contributed by atoms with E-state index in [1.807, 2.05) is 0 Å². The van der Waals surface area contributed by atoms with Crippen LogP contribution in [0.5, 0.6) is 5.75 Å². The van der Waals surface area contributed by atoms with Crippen LogP contribution in [0, 0.1) is 5.92 Å². The molecule has 1 fully saturated rings. The molecule has 0 aliphatic carbocycles. The maximum Gasteiger partial charge on any atom is 0.416 e. The molecule has 0 saturated carbocycles. The summed E-state index contributed by atoms with van der Waals surface area (Å²) in [6.07, 6.45) is -0.665. The highest BCUT2D eigenvalue weighted by Crippen LogP contribution is 2.35. The number of hydrogen-bond donors (Lipinski definition) is 2. The molecule has 10 heteroatoms. The van der Waals surface area contributed by atoms with E-state index in [0.29, 0.717) is 35.1 Å². The summed E-state index contributed by atoms with van der Waals surface area (Å²) < 4.78 is 44.5. The number of halogens is 4. The number of aliphatic imine (C=N–C) groups is 1. The second-order valence-corrected chi connectivity index (χ2v) is 8.59. The molecule has 3 heterocycles. The standard InChI is InChI=1S/C23H24ClF3N4O2/c24-18-2-1-15(23(25,26)27)9-21(18)33-13-16-10-20(32)17-5-8-30-19(22(17)31-16)12-29-11-14-3-6-28-7-4-14/h1-2,5,8-9,14,28-29H,3-4,6-7,10-13H2. The van der Waals surface area contributed by atoms with Crippen LogP contribution < -0.4 is 15.4 Å². The maximum absolute atomic E-state index is 13.0. The van der Waals surface area contributed by atoms with Gasteiger partial charge in [-0.2, -0.15) is 13.2 Å². The fourth-order valence-electron chi connectivity index (χ4n) is 3.97. The first-order valence-electron chi connectivity index (χ1n) is 10.8. The molecule has 4 rings (SSSR count). The summed E-state index contributed by atoms with van der Waals surface area (Å²) in [5.74, 6) is 0.357. The number of hydrogen-bond acceptors (Lipinski definition) is 6. The number of pyridine rings is 1. The second kappa shape index (κ2) is 10.2. The molecule has 0 unspecified atom stereocenters. The molecule has 2 aliphatic rings. The van der Waals surface area contributed by atoms with Crippen LogP contribution in [0.4, 0.5) is 18.9 Å². The normalized spacial score (nSPS) is 17.0. The Balaban J connectivity index is 1.46. The van der Waals surface area contributed by atoms with Crippen molar-refractivity contribution >= 4 is 28.8 Å². The first-order valence-corrected chi connectivity index (χ1v) is 11.2. The quantitative estimate of drug-likeness (QED) is 0.606. The molecule has 2 N–H and O–H groups in total. The minimum absolute atomic E-state index is 0.0233. The second-order valence-electron chi connectivity index (χ2n) is 8.19. The number of nitrogens with one attached hydrogen (secondary N) is 2. The lowest BCUT2D eigenvalue weighted by Gasteiger charge is -2.23. The summed E-state index contributed by atoms with van der Waals surface area (Å²) in [4.78, 5) is 21.6. The molecule has 0 bridgehead atoms. The molecule has 2 aliphatic heterocycles. The summed E-state index contributed by atoms with van der Waals surface area (Å²) in [5, 5.41) is 6.80. The van der Waals surface area contributed by atoms with Crippen molar-refractivity contribution in [3.63, 3.8) is 0 Å². The fraction of sp³-hybridized carbons (Fsp3) is 0.435. The van der Waals surface area contributed by atoms with E-state index in [1.165, 1.54) is 0 Å². The lowest BCUT2D eigenvalue weighted by molar-refractivity contribution is -0.137. The number of nitrogens with zero attached hydrogens (tertiary/aromatic N) is 2. The van der Waals surface area contributed by atoms with Crippen LogP contribution in [0.15, 0.2) is 35.5 Å². The zero-order valence-electron chi connectivity index (χ0n) is 17.8. The van der Waals surface area contributed by atoms with E-state index in [0.717, 1.165) is 50.7 Å². The minimum Gasteiger partial charge on any atom is -0.486 e. The van der Waals surface area contributed by atoms with Crippen molar-refractivity contribution in [3.05, 3.63) is 52.3 Å². The molecule has 33 heavy (non-hydrogen) atoms. The Hall–Kier alpha value is -2.49. The maximum atomic E-state index is 13.0. The predicted octanol–water partition coefficient (Wildman–Crippen LogP) is 4.58. The zero-order chi connectivity index (χ0) is 23.4. The lowest BCUT2D eigenvalue weighted by Crippen LogP contribution is -2.33. The van der Waals surface area contributed by atoms with Gasteiger partial charge in [-0.1, -0.05) is 11.6 Å². The molecular formula is C23H24ClF3N4O2. The monoisotopic (exact) mass is 480 g/mol. The number of Topliss-reactive ketones (excluding diaryl/α,β-unsaturated/α-hetero) is 1. The molecule has 0 spiro atoms. The molecule has 6 nitrogen and oxygen atoms in total. The van der Waals surface area contributed by atoms with Crippen LogP contribution in [0.3, 0.4) is 0 Å². The van der Waals surface area contributed by atoms with Crippen LogP contribution >= 0.6 is 11.6 Å². The van der Waals surface area contributed by atoms with Crippen LogP contribution in [0.25, 0.3) is 0 Å². The van der Waals surface area contributed by atoms with Gasteiger partial charge in [0.15, 0.2) is 5.78 Å². The van der Waals surface area contributed by atoms with E-state index < -0.39 is 11.7 Å². The largest absolute Gasteiger partial charge is 0.486 e. The third kappa shape index (κ3) is 5.90. The molecule has 2 aromatic rings. The highest BCUT2D eigenvalue weighted by Gasteiger charge is 2.31. The van der Waals surface area contributed by atoms with Crippen molar-refractivity contribution < 1.29 is 22.7 Å². The lowest BCUT2D eigenvalue weighted by atomic mass is 9.98. The van der Waals surface area contributed by atoms with Gasteiger partial charge in [-0.25, -0.2) is 0 Å². The number of benzene rings is 1. The number of alkyl halides is 3. The van der Waals surface area contributed by atoms with Crippen molar-refractivity contribution in [1.82, 2.24) is 15.6 Å². The Bertz CT molecular complexity index is 1050. The third-order valence-corrected chi connectivity index (χ3v) is 6.08. The summed E-state index contributed by atoms with van der Waals surface area (Å²) in [7, 11) is 0. The number of ether oxygens (including phenoxy) is 1. The predicted molar refractivity (Wildman–Crippen MR) is 120 cm³/mol. The number of aromatic nitrogens is 1. The topological polar surface area (TPSA) is 75.6 Å². The van der Waals surface area contributed by atoms with Crippen LogP contribution in [-0.4, -0.2) is 42.7 Å². The summed E-state index contributed by atoms with van der Waals surface area (Å²) >= 11 is 6.00. The van der Waals surface area contributed by atoms with Gasteiger partial charge in [-0.15, -0.1) is 0 Å². The number of carbonyl (C=O) groups excluding carboxylic acids is 1. The average Bonchev–Trinajstić information content (AvgIpc) is 2.79. The third-order valence-electron chi connectivity index (χ3n) is 5.77. The van der Waals surface area contributed by atoms with Gasteiger partial charge in [-0.05, 0) is 62.7 Å². The van der Waals surface area contributed by atoms with Gasteiger partial charge in [0.25, 0.3) is 0 Å². The molecule has 176 valence electrons. The number of carbonyl (C=O) groups is 1. The fourth-order valence-corrected chi connectivity index (χ4v) is 4.14. The van der Waals surface area contributed by atoms with Crippen molar-refractivity contribution in [3.8, 4) is 5.75 Å². The van der Waals surface area contributed by atoms with Crippen LogP contribution in [0.2, 0.25) is 5.02 Å². The van der Waals surface area contributed by atoms with E-state index in [2.05, 4.69) is 20.6 Å². The van der Waals surface area contributed by atoms with Crippen molar-refractivity contribution in [2.75, 3.05) is 26.2 Å². The number of fused-ring (bicyclic) bond motifs is 1. The van der Waals surface area contributed by atoms with Crippen molar-refractivity contribution in [2.24, 2.45) is 10.9 Å². The van der Waals surface area contributed by atoms with Gasteiger partial charge < -0.3 is 15.4 Å². The van der Waals surface area contributed by atoms with Crippen LogP contribution in [0.1, 0.15) is 40.9 Å². The van der Waals surface area contributed by atoms with E-state index in [1.54, 1.807) is 12.3 Å². The number of piperidine rings is 1. The van der Waals surface area contributed by atoms with Gasteiger partial charge in [0, 0.05) is 18.3 Å². The first kappa shape index (κ1) is 23.7. The number of ketones is 1. The zero-order valence-corrected chi connectivity index (χ0v) is 18.6. The Morgan fingerprint density at radius 1 is 1.21 bits per heavy atom. The molecule has 0 amide bonds. The van der Waals surface area contributed by atoms with Gasteiger partial charge in [0.05, 0.1) is 34.1 Å². The van der Waals surface area contributed by atoms with Gasteiger partial charge >= 0.3 is 6.18 Å². The summed E-state index contributed by atoms with van der Waals surface area (Å²) in [5.41, 5.74) is 1.18. The smallest absolute Gasteiger partial charge is 0.416 e. The van der Waals surface area contributed by atoms with E-state index in [9.17, 15) is 18.0 Å². The molecular weight excluding hydrogens is 457 g/mol. The number of rotatable bonds is 7. The molecule has 1 aromatic heterocycles. The SMILES string of the molecule is O=C1CC(COc2cc(C(F)(F)F)ccc2Cl)=Nc2c1ccnc2CNCC1CCNCC1. The minimum atomic E-state index is -4.51. The highest BCUT2D eigenvalue weighted by atomic mass is 35.5. The highest BCUT2D eigenvalue weighted by molar-refractivity contribution is 6.32. The summed E-state index contributed by atoms with van der Waals surface area (Å²) in [6, 6.07) is 4.51. The Kier molecular flexibility index (Phi) is 7.31. The first-order chi connectivity index (χ1) is 15.8. The van der Waals surface area contributed by atoms with Crippen molar-refractivity contribution in [1.29, 1.82) is 0 Å². The van der Waals surface area contributed by atoms with Crippen molar-refractivity contribution in [2.45, 2.75) is 32.0 Å². The Morgan fingerprint density at radius 2 is 2.00 bits per heavy atom. The van der Waals surface area contributed by atoms with E-state index in [-0.39, 0.29) is 29.6 Å². The molecule has 0 radical (unpaired) electrons. The van der Waals surface area contributed by atoms with E-state index in [4.69, 9.17) is 16.3 Å². The van der Waals surface area contributed by atoms with Gasteiger partial charge in [0.2, 0.25) is 0 Å². The average molecular weight is 481 g/mol. The Labute approximate surface area is 194 Å². The van der Waals surface area contributed by atoms with E-state index >= 15 is 0 Å². The molecule has 1 aromatic carbocycles. The Morgan fingerprint density at radius 3 is 2.76 bits per heavy atom. The molecule has 1 saturated heterocycles. The molecule has 0 atom stereocenters.